The molecule has 22 heavy (non-hydrogen) atoms. The fourth-order valence-corrected chi connectivity index (χ4v) is 3.00. The van der Waals surface area contributed by atoms with Crippen LogP contribution >= 0.6 is 0 Å². The Labute approximate surface area is 128 Å². The third-order valence-electron chi connectivity index (χ3n) is 4.14. The molecular weight excluding hydrogens is 276 g/mol. The largest absolute Gasteiger partial charge is 0.364 e. The lowest BCUT2D eigenvalue weighted by molar-refractivity contribution is 0.465. The van der Waals surface area contributed by atoms with Gasteiger partial charge in [0.15, 0.2) is 0 Å². The molecule has 0 radical (unpaired) electrons. The summed E-state index contributed by atoms with van der Waals surface area (Å²) < 4.78 is 2.23. The van der Waals surface area contributed by atoms with Crippen molar-refractivity contribution in [1.29, 1.82) is 0 Å². The molecular formula is C16H18N6. The van der Waals surface area contributed by atoms with Crippen molar-refractivity contribution in [2.24, 2.45) is 0 Å². The number of fused-ring (bicyclic) bond motifs is 2. The minimum atomic E-state index is 0.337. The molecule has 0 bridgehead atoms. The number of nitrogens with zero attached hydrogens (tertiary/aromatic N) is 5. The highest BCUT2D eigenvalue weighted by Crippen LogP contribution is 2.19. The predicted molar refractivity (Wildman–Crippen MR) is 84.7 cm³/mol. The number of rotatable bonds is 3. The smallest absolute Gasteiger partial charge is 0.145 e. The van der Waals surface area contributed by atoms with Gasteiger partial charge in [0.2, 0.25) is 0 Å². The molecule has 0 unspecified atom stereocenters. The Morgan fingerprint density at radius 3 is 2.95 bits per heavy atom. The summed E-state index contributed by atoms with van der Waals surface area (Å²) >= 11 is 0. The van der Waals surface area contributed by atoms with E-state index in [2.05, 4.69) is 37.0 Å². The van der Waals surface area contributed by atoms with E-state index in [0.29, 0.717) is 6.04 Å². The van der Waals surface area contributed by atoms with E-state index in [1.54, 1.807) is 0 Å². The molecule has 1 N–H and O–H groups in total. The summed E-state index contributed by atoms with van der Waals surface area (Å²) in [5.74, 6) is 2.99. The number of aryl methyl sites for hydroxylation is 2. The van der Waals surface area contributed by atoms with Crippen molar-refractivity contribution >= 4 is 16.9 Å². The molecule has 0 aliphatic carbocycles. The molecule has 6 heteroatoms. The van der Waals surface area contributed by atoms with Crippen LogP contribution in [0.5, 0.6) is 0 Å². The highest BCUT2D eigenvalue weighted by atomic mass is 15.3. The average molecular weight is 294 g/mol. The van der Waals surface area contributed by atoms with E-state index >= 15 is 0 Å². The normalized spacial score (nSPS) is 17.4. The molecule has 3 aromatic rings. The van der Waals surface area contributed by atoms with Crippen molar-refractivity contribution in [2.45, 2.75) is 38.8 Å². The molecule has 1 aromatic carbocycles. The van der Waals surface area contributed by atoms with Crippen molar-refractivity contribution in [2.75, 3.05) is 5.32 Å². The van der Waals surface area contributed by atoms with Crippen LogP contribution in [0.3, 0.4) is 0 Å². The topological polar surface area (TPSA) is 68.5 Å². The molecule has 0 amide bonds. The van der Waals surface area contributed by atoms with Gasteiger partial charge in [0.1, 0.15) is 17.5 Å². The molecule has 4 rings (SSSR count). The summed E-state index contributed by atoms with van der Waals surface area (Å²) in [5, 5.41) is 12.0. The quantitative estimate of drug-likeness (QED) is 0.802. The molecule has 1 atom stereocenters. The third-order valence-corrected chi connectivity index (χ3v) is 4.14. The maximum atomic E-state index is 4.64. The second kappa shape index (κ2) is 5.36. The van der Waals surface area contributed by atoms with Gasteiger partial charge in [-0.3, -0.25) is 4.98 Å². The first-order valence-corrected chi connectivity index (χ1v) is 7.73. The van der Waals surface area contributed by atoms with E-state index in [0.717, 1.165) is 54.3 Å². The van der Waals surface area contributed by atoms with Gasteiger partial charge in [-0.25, -0.2) is 4.98 Å². The summed E-state index contributed by atoms with van der Waals surface area (Å²) in [4.78, 5) is 9.10. The fraction of sp³-hybridized carbons (Fsp3) is 0.375. The van der Waals surface area contributed by atoms with Gasteiger partial charge in [-0.2, -0.15) is 0 Å². The minimum absolute atomic E-state index is 0.337. The monoisotopic (exact) mass is 294 g/mol. The van der Waals surface area contributed by atoms with E-state index < -0.39 is 0 Å². The summed E-state index contributed by atoms with van der Waals surface area (Å²) in [6.45, 7) is 3.00. The van der Waals surface area contributed by atoms with Gasteiger partial charge in [0, 0.05) is 25.4 Å². The second-order valence-electron chi connectivity index (χ2n) is 5.62. The zero-order valence-corrected chi connectivity index (χ0v) is 12.5. The number of para-hydroxylation sites is 2. The van der Waals surface area contributed by atoms with E-state index in [4.69, 9.17) is 0 Å². The SMILES string of the molecule is CCc1nnc2n1C[C@H](Nc1cnc3ccccc3n1)CC2. The molecule has 2 aromatic heterocycles. The van der Waals surface area contributed by atoms with Crippen LogP contribution in [-0.2, 0) is 19.4 Å². The van der Waals surface area contributed by atoms with Crippen molar-refractivity contribution in [3.05, 3.63) is 42.1 Å². The molecule has 0 fully saturated rings. The van der Waals surface area contributed by atoms with Crippen LogP contribution in [0.25, 0.3) is 11.0 Å². The number of anilines is 1. The Morgan fingerprint density at radius 2 is 2.09 bits per heavy atom. The Hall–Kier alpha value is -2.50. The number of hydrogen-bond donors (Lipinski definition) is 1. The maximum Gasteiger partial charge on any atom is 0.145 e. The molecule has 6 nitrogen and oxygen atoms in total. The highest BCUT2D eigenvalue weighted by Gasteiger charge is 2.22. The first-order chi connectivity index (χ1) is 10.8. The summed E-state index contributed by atoms with van der Waals surface area (Å²) in [7, 11) is 0. The summed E-state index contributed by atoms with van der Waals surface area (Å²) in [5.41, 5.74) is 1.84. The van der Waals surface area contributed by atoms with Crippen LogP contribution in [0.1, 0.15) is 25.0 Å². The van der Waals surface area contributed by atoms with Gasteiger partial charge in [-0.15, -0.1) is 10.2 Å². The van der Waals surface area contributed by atoms with Gasteiger partial charge >= 0.3 is 0 Å². The first kappa shape index (κ1) is 13.2. The molecule has 0 saturated carbocycles. The van der Waals surface area contributed by atoms with Gasteiger partial charge in [0.25, 0.3) is 0 Å². The van der Waals surface area contributed by atoms with Crippen LogP contribution in [0.4, 0.5) is 5.82 Å². The van der Waals surface area contributed by atoms with E-state index in [-0.39, 0.29) is 0 Å². The number of nitrogens with one attached hydrogen (secondary N) is 1. The van der Waals surface area contributed by atoms with Crippen molar-refractivity contribution in [1.82, 2.24) is 24.7 Å². The maximum absolute atomic E-state index is 4.64. The first-order valence-electron chi connectivity index (χ1n) is 7.73. The Balaban J connectivity index is 1.55. The third kappa shape index (κ3) is 2.30. The molecule has 112 valence electrons. The van der Waals surface area contributed by atoms with Crippen molar-refractivity contribution in [3.63, 3.8) is 0 Å². The fourth-order valence-electron chi connectivity index (χ4n) is 3.00. The van der Waals surface area contributed by atoms with Gasteiger partial charge in [-0.1, -0.05) is 19.1 Å². The number of benzene rings is 1. The lowest BCUT2D eigenvalue weighted by atomic mass is 10.1. The number of aromatic nitrogens is 5. The average Bonchev–Trinajstić information content (AvgIpc) is 2.97. The standard InChI is InChI=1S/C16H18N6/c1-2-15-20-21-16-8-7-11(10-22(15)16)18-14-9-17-12-5-3-4-6-13(12)19-14/h3-6,9,11H,2,7-8,10H2,1H3,(H,18,19)/t11-/m1/s1. The van der Waals surface area contributed by atoms with Crippen LogP contribution in [0.15, 0.2) is 30.5 Å². The Kier molecular flexibility index (Phi) is 3.21. The molecule has 1 aliphatic heterocycles. The summed E-state index contributed by atoms with van der Waals surface area (Å²) in [6, 6.07) is 8.26. The molecule has 3 heterocycles. The minimum Gasteiger partial charge on any atom is -0.364 e. The molecule has 0 saturated heterocycles. The zero-order valence-electron chi connectivity index (χ0n) is 12.5. The highest BCUT2D eigenvalue weighted by molar-refractivity contribution is 5.75. The van der Waals surface area contributed by atoms with E-state index in [1.807, 2.05) is 30.5 Å². The predicted octanol–water partition coefficient (Wildman–Crippen LogP) is 2.21. The molecule has 1 aliphatic rings. The van der Waals surface area contributed by atoms with Gasteiger partial charge in [-0.05, 0) is 18.6 Å². The van der Waals surface area contributed by atoms with Crippen LogP contribution in [0.2, 0.25) is 0 Å². The lowest BCUT2D eigenvalue weighted by Gasteiger charge is -2.25. The Bertz CT molecular complexity index is 796. The van der Waals surface area contributed by atoms with Crippen LogP contribution in [0, 0.1) is 0 Å². The zero-order chi connectivity index (χ0) is 14.9. The van der Waals surface area contributed by atoms with Gasteiger partial charge < -0.3 is 9.88 Å². The Morgan fingerprint density at radius 1 is 1.23 bits per heavy atom. The number of hydrogen-bond acceptors (Lipinski definition) is 5. The van der Waals surface area contributed by atoms with Crippen LogP contribution in [-0.4, -0.2) is 30.8 Å². The van der Waals surface area contributed by atoms with Gasteiger partial charge in [0.05, 0.1) is 17.2 Å². The summed E-state index contributed by atoms with van der Waals surface area (Å²) in [6.07, 6.45) is 4.71. The lowest BCUT2D eigenvalue weighted by Crippen LogP contribution is -2.32. The van der Waals surface area contributed by atoms with E-state index in [1.165, 1.54) is 0 Å². The van der Waals surface area contributed by atoms with Crippen molar-refractivity contribution < 1.29 is 0 Å². The van der Waals surface area contributed by atoms with Crippen LogP contribution < -0.4 is 5.32 Å². The van der Waals surface area contributed by atoms with Crippen molar-refractivity contribution in [3.8, 4) is 0 Å². The molecule has 0 spiro atoms. The second-order valence-corrected chi connectivity index (χ2v) is 5.62. The van der Waals surface area contributed by atoms with E-state index in [9.17, 15) is 0 Å².